The first-order valence-electron chi connectivity index (χ1n) is 10.5. The van der Waals surface area contributed by atoms with Gasteiger partial charge >= 0.3 is 0 Å². The Morgan fingerprint density at radius 1 is 0.667 bits per heavy atom. The standard InChI is InChI=1S/C21H42O3/c1-2-3-4-5-6-7-8-9-10-11-12-13-14-15-16-17-18-20(23)21(24)19-22/h20,22-23H,2-19H2,1H3. The lowest BCUT2D eigenvalue weighted by Gasteiger charge is -2.07. The van der Waals surface area contributed by atoms with Crippen LogP contribution in [0.3, 0.4) is 0 Å². The maximum absolute atomic E-state index is 11.0. The summed E-state index contributed by atoms with van der Waals surface area (Å²) in [6.07, 6.45) is 20.7. The lowest BCUT2D eigenvalue weighted by atomic mass is 10.0. The molecule has 0 bridgehead atoms. The molecule has 0 aliphatic heterocycles. The van der Waals surface area contributed by atoms with Crippen LogP contribution in [0.2, 0.25) is 0 Å². The van der Waals surface area contributed by atoms with E-state index >= 15 is 0 Å². The second-order valence-electron chi connectivity index (χ2n) is 7.23. The van der Waals surface area contributed by atoms with Gasteiger partial charge in [-0.25, -0.2) is 0 Å². The minimum atomic E-state index is -0.957. The van der Waals surface area contributed by atoms with Crippen LogP contribution in [0.1, 0.15) is 116 Å². The van der Waals surface area contributed by atoms with Crippen molar-refractivity contribution in [2.24, 2.45) is 0 Å². The molecule has 1 atom stereocenters. The first-order valence-corrected chi connectivity index (χ1v) is 10.5. The molecular formula is C21H42O3. The molecule has 24 heavy (non-hydrogen) atoms. The van der Waals surface area contributed by atoms with Gasteiger partial charge in [0.2, 0.25) is 0 Å². The zero-order valence-corrected chi connectivity index (χ0v) is 16.1. The average molecular weight is 343 g/mol. The number of aliphatic hydroxyl groups excluding tert-OH is 2. The van der Waals surface area contributed by atoms with Crippen molar-refractivity contribution >= 4 is 5.78 Å². The molecule has 1 unspecified atom stereocenters. The van der Waals surface area contributed by atoms with Crippen LogP contribution in [-0.2, 0) is 4.79 Å². The van der Waals surface area contributed by atoms with Crippen molar-refractivity contribution in [1.82, 2.24) is 0 Å². The first kappa shape index (κ1) is 23.6. The smallest absolute Gasteiger partial charge is 0.186 e. The van der Waals surface area contributed by atoms with Gasteiger partial charge in [0.15, 0.2) is 5.78 Å². The molecule has 0 fully saturated rings. The van der Waals surface area contributed by atoms with Gasteiger partial charge < -0.3 is 10.2 Å². The second-order valence-corrected chi connectivity index (χ2v) is 7.23. The van der Waals surface area contributed by atoms with Crippen LogP contribution < -0.4 is 0 Å². The van der Waals surface area contributed by atoms with Crippen LogP contribution in [0.5, 0.6) is 0 Å². The molecule has 0 aromatic carbocycles. The van der Waals surface area contributed by atoms with Crippen LogP contribution in [0.25, 0.3) is 0 Å². The van der Waals surface area contributed by atoms with Crippen molar-refractivity contribution in [3.8, 4) is 0 Å². The zero-order valence-electron chi connectivity index (χ0n) is 16.1. The molecule has 0 heterocycles. The van der Waals surface area contributed by atoms with Crippen molar-refractivity contribution in [3.63, 3.8) is 0 Å². The molecule has 0 aliphatic rings. The summed E-state index contributed by atoms with van der Waals surface area (Å²) in [5, 5.41) is 18.1. The fourth-order valence-corrected chi connectivity index (χ4v) is 3.15. The molecular weight excluding hydrogens is 300 g/mol. The highest BCUT2D eigenvalue weighted by molar-refractivity contribution is 5.83. The van der Waals surface area contributed by atoms with Gasteiger partial charge in [0, 0.05) is 0 Å². The minimum Gasteiger partial charge on any atom is -0.388 e. The van der Waals surface area contributed by atoms with Gasteiger partial charge in [0.05, 0.1) is 0 Å². The summed E-state index contributed by atoms with van der Waals surface area (Å²) in [7, 11) is 0. The number of rotatable bonds is 19. The lowest BCUT2D eigenvalue weighted by Crippen LogP contribution is -2.23. The third-order valence-electron chi connectivity index (χ3n) is 4.86. The maximum Gasteiger partial charge on any atom is 0.186 e. The monoisotopic (exact) mass is 342 g/mol. The van der Waals surface area contributed by atoms with Crippen molar-refractivity contribution in [3.05, 3.63) is 0 Å². The number of hydrogen-bond acceptors (Lipinski definition) is 3. The van der Waals surface area contributed by atoms with E-state index in [1.807, 2.05) is 0 Å². The fourth-order valence-electron chi connectivity index (χ4n) is 3.15. The van der Waals surface area contributed by atoms with Crippen LogP contribution in [-0.4, -0.2) is 28.7 Å². The number of unbranched alkanes of at least 4 members (excludes halogenated alkanes) is 15. The summed E-state index contributed by atoms with van der Waals surface area (Å²) in [6.45, 7) is 1.73. The molecule has 0 aromatic heterocycles. The Kier molecular flexibility index (Phi) is 18.6. The number of carbonyl (C=O) groups is 1. The molecule has 0 aromatic rings. The Balaban J connectivity index is 3.09. The van der Waals surface area contributed by atoms with Gasteiger partial charge in [0.1, 0.15) is 12.7 Å². The summed E-state index contributed by atoms with van der Waals surface area (Å²) in [5.41, 5.74) is 0. The predicted molar refractivity (Wildman–Crippen MR) is 102 cm³/mol. The Morgan fingerprint density at radius 2 is 1.00 bits per heavy atom. The summed E-state index contributed by atoms with van der Waals surface area (Å²) in [5.74, 6) is -0.448. The van der Waals surface area contributed by atoms with Gasteiger partial charge in [-0.1, -0.05) is 110 Å². The number of ketones is 1. The van der Waals surface area contributed by atoms with Crippen molar-refractivity contribution in [2.75, 3.05) is 6.61 Å². The Morgan fingerprint density at radius 3 is 1.33 bits per heavy atom. The topological polar surface area (TPSA) is 57.5 Å². The van der Waals surface area contributed by atoms with E-state index < -0.39 is 18.5 Å². The highest BCUT2D eigenvalue weighted by atomic mass is 16.3. The van der Waals surface area contributed by atoms with Gasteiger partial charge in [-0.2, -0.15) is 0 Å². The molecule has 0 amide bonds. The molecule has 3 nitrogen and oxygen atoms in total. The van der Waals surface area contributed by atoms with E-state index in [-0.39, 0.29) is 0 Å². The molecule has 0 spiro atoms. The molecule has 144 valence electrons. The van der Waals surface area contributed by atoms with Crippen molar-refractivity contribution in [2.45, 2.75) is 122 Å². The van der Waals surface area contributed by atoms with Gasteiger partial charge in [-0.15, -0.1) is 0 Å². The third-order valence-corrected chi connectivity index (χ3v) is 4.86. The third kappa shape index (κ3) is 16.4. The van der Waals surface area contributed by atoms with Crippen LogP contribution in [0.4, 0.5) is 0 Å². The van der Waals surface area contributed by atoms with Crippen LogP contribution in [0, 0.1) is 0 Å². The lowest BCUT2D eigenvalue weighted by molar-refractivity contribution is -0.130. The van der Waals surface area contributed by atoms with E-state index in [2.05, 4.69) is 6.92 Å². The fraction of sp³-hybridized carbons (Fsp3) is 0.952. The van der Waals surface area contributed by atoms with Gasteiger partial charge in [-0.3, -0.25) is 4.79 Å². The average Bonchev–Trinajstić information content (AvgIpc) is 2.60. The maximum atomic E-state index is 11.0. The van der Waals surface area contributed by atoms with Crippen molar-refractivity contribution < 1.29 is 15.0 Å². The van der Waals surface area contributed by atoms with E-state index in [9.17, 15) is 9.90 Å². The molecule has 0 aliphatic carbocycles. The normalized spacial score (nSPS) is 12.5. The molecule has 3 heteroatoms. The first-order chi connectivity index (χ1) is 11.7. The summed E-state index contributed by atoms with van der Waals surface area (Å²) in [4.78, 5) is 11.0. The van der Waals surface area contributed by atoms with E-state index in [4.69, 9.17) is 5.11 Å². The number of carbonyl (C=O) groups excluding carboxylic acids is 1. The molecule has 0 saturated carbocycles. The molecule has 0 saturated heterocycles. The summed E-state index contributed by atoms with van der Waals surface area (Å²) >= 11 is 0. The quantitative estimate of drug-likeness (QED) is 0.302. The summed E-state index contributed by atoms with van der Waals surface area (Å²) < 4.78 is 0. The molecule has 0 radical (unpaired) electrons. The van der Waals surface area contributed by atoms with E-state index in [0.29, 0.717) is 6.42 Å². The number of aliphatic hydroxyl groups is 2. The predicted octanol–water partition coefficient (Wildman–Crippen LogP) is 5.56. The summed E-state index contributed by atoms with van der Waals surface area (Å²) in [6, 6.07) is 0. The minimum absolute atomic E-state index is 0.448. The van der Waals surface area contributed by atoms with Gasteiger partial charge in [-0.05, 0) is 6.42 Å². The highest BCUT2D eigenvalue weighted by Gasteiger charge is 2.12. The Labute approximate surface area is 150 Å². The SMILES string of the molecule is CCCCCCCCCCCCCCCCCCC(O)C(=O)CO. The van der Waals surface area contributed by atoms with Crippen LogP contribution >= 0.6 is 0 Å². The van der Waals surface area contributed by atoms with E-state index in [1.165, 1.54) is 89.9 Å². The largest absolute Gasteiger partial charge is 0.388 e. The van der Waals surface area contributed by atoms with Crippen molar-refractivity contribution in [1.29, 1.82) is 0 Å². The Hall–Kier alpha value is -0.410. The highest BCUT2D eigenvalue weighted by Crippen LogP contribution is 2.14. The Bertz CT molecular complexity index is 266. The van der Waals surface area contributed by atoms with E-state index in [1.54, 1.807) is 0 Å². The second kappa shape index (κ2) is 18.9. The van der Waals surface area contributed by atoms with E-state index in [0.717, 1.165) is 12.8 Å². The van der Waals surface area contributed by atoms with Crippen LogP contribution in [0.15, 0.2) is 0 Å². The molecule has 0 rings (SSSR count). The molecule has 2 N–H and O–H groups in total. The number of hydrogen-bond donors (Lipinski definition) is 2. The van der Waals surface area contributed by atoms with Gasteiger partial charge in [0.25, 0.3) is 0 Å². The zero-order chi connectivity index (χ0) is 17.9. The number of Topliss-reactive ketones (excluding diaryl/α,β-unsaturated/α-hetero) is 1.